The molecule has 4 heteroatoms. The van der Waals surface area contributed by atoms with Crippen LogP contribution in [-0.2, 0) is 10.3 Å². The maximum Gasteiger partial charge on any atom is 0.247 e. The van der Waals surface area contributed by atoms with Crippen LogP contribution < -0.4 is 5.73 Å². The Morgan fingerprint density at radius 2 is 2.11 bits per heavy atom. The van der Waals surface area contributed by atoms with Crippen LogP contribution in [0.25, 0.3) is 0 Å². The van der Waals surface area contributed by atoms with Crippen molar-refractivity contribution in [2.45, 2.75) is 37.8 Å². The van der Waals surface area contributed by atoms with Crippen molar-refractivity contribution in [1.82, 2.24) is 4.90 Å². The van der Waals surface area contributed by atoms with E-state index in [9.17, 15) is 4.79 Å². The topological polar surface area (TPSA) is 70.1 Å². The van der Waals surface area contributed by atoms with E-state index in [2.05, 4.69) is 6.07 Å². The molecule has 0 radical (unpaired) electrons. The highest BCUT2D eigenvalue weighted by Gasteiger charge is 2.40. The fourth-order valence-corrected chi connectivity index (χ4v) is 2.21. The van der Waals surface area contributed by atoms with Gasteiger partial charge < -0.3 is 10.6 Å². The zero-order valence-corrected chi connectivity index (χ0v) is 11.2. The number of carbonyl (C=O) groups is 1. The van der Waals surface area contributed by atoms with Crippen LogP contribution >= 0.6 is 0 Å². The third-order valence-electron chi connectivity index (χ3n) is 3.53. The number of benzene rings is 1. The molecule has 1 atom stereocenters. The van der Waals surface area contributed by atoms with Crippen LogP contribution in [-0.4, -0.2) is 23.4 Å². The third-order valence-corrected chi connectivity index (χ3v) is 3.53. The van der Waals surface area contributed by atoms with Crippen molar-refractivity contribution in [2.24, 2.45) is 5.73 Å². The Morgan fingerprint density at radius 3 is 2.63 bits per heavy atom. The van der Waals surface area contributed by atoms with Crippen molar-refractivity contribution in [3.05, 3.63) is 35.9 Å². The summed E-state index contributed by atoms with van der Waals surface area (Å²) in [5.74, 6) is -0.0866. The number of hydrogen-bond donors (Lipinski definition) is 1. The van der Waals surface area contributed by atoms with E-state index in [1.165, 1.54) is 0 Å². The van der Waals surface area contributed by atoms with E-state index in [0.717, 1.165) is 18.4 Å². The molecule has 1 unspecified atom stereocenters. The summed E-state index contributed by atoms with van der Waals surface area (Å²) in [6.45, 7) is 2.21. The summed E-state index contributed by atoms with van der Waals surface area (Å²) in [6, 6.07) is 11.8. The van der Waals surface area contributed by atoms with Crippen LogP contribution in [0.5, 0.6) is 0 Å². The molecule has 100 valence electrons. The lowest BCUT2D eigenvalue weighted by molar-refractivity contribution is -0.137. The molecular formula is C15H19N3O. The summed E-state index contributed by atoms with van der Waals surface area (Å²) >= 11 is 0. The van der Waals surface area contributed by atoms with Gasteiger partial charge in [0, 0.05) is 12.6 Å². The lowest BCUT2D eigenvalue weighted by atomic mass is 9.91. The van der Waals surface area contributed by atoms with Crippen molar-refractivity contribution in [2.75, 3.05) is 6.54 Å². The normalized spacial score (nSPS) is 17.3. The molecule has 1 fully saturated rings. The predicted octanol–water partition coefficient (Wildman–Crippen LogP) is 1.77. The molecule has 4 nitrogen and oxygen atoms in total. The summed E-state index contributed by atoms with van der Waals surface area (Å²) in [7, 11) is 0. The van der Waals surface area contributed by atoms with E-state index >= 15 is 0 Å². The largest absolute Gasteiger partial charge is 0.337 e. The smallest absolute Gasteiger partial charge is 0.247 e. The second kappa shape index (κ2) is 5.41. The quantitative estimate of drug-likeness (QED) is 0.873. The maximum absolute atomic E-state index is 12.6. The van der Waals surface area contributed by atoms with Crippen molar-refractivity contribution in [3.63, 3.8) is 0 Å². The van der Waals surface area contributed by atoms with Gasteiger partial charge >= 0.3 is 0 Å². The summed E-state index contributed by atoms with van der Waals surface area (Å²) < 4.78 is 0. The van der Waals surface area contributed by atoms with Gasteiger partial charge in [-0.15, -0.1) is 0 Å². The second-order valence-electron chi connectivity index (χ2n) is 5.21. The van der Waals surface area contributed by atoms with Gasteiger partial charge in [-0.25, -0.2) is 0 Å². The van der Waals surface area contributed by atoms with Crippen molar-refractivity contribution in [1.29, 1.82) is 5.26 Å². The minimum atomic E-state index is -1.03. The molecule has 0 heterocycles. The lowest BCUT2D eigenvalue weighted by Gasteiger charge is -2.32. The van der Waals surface area contributed by atoms with Crippen molar-refractivity contribution >= 4 is 5.91 Å². The highest BCUT2D eigenvalue weighted by molar-refractivity contribution is 5.87. The average Bonchev–Trinajstić information content (AvgIpc) is 3.24. The Bertz CT molecular complexity index is 486. The molecule has 1 aromatic carbocycles. The van der Waals surface area contributed by atoms with Crippen molar-refractivity contribution in [3.8, 4) is 6.07 Å². The molecule has 1 aliphatic rings. The van der Waals surface area contributed by atoms with Gasteiger partial charge in [0.2, 0.25) is 5.91 Å². The van der Waals surface area contributed by atoms with E-state index in [1.54, 1.807) is 11.8 Å². The first-order valence-electron chi connectivity index (χ1n) is 6.60. The van der Waals surface area contributed by atoms with E-state index < -0.39 is 5.54 Å². The predicted molar refractivity (Wildman–Crippen MR) is 72.9 cm³/mol. The fourth-order valence-electron chi connectivity index (χ4n) is 2.21. The van der Waals surface area contributed by atoms with Gasteiger partial charge in [0.25, 0.3) is 0 Å². The van der Waals surface area contributed by atoms with Crippen LogP contribution in [0.1, 0.15) is 31.7 Å². The Morgan fingerprint density at radius 1 is 1.47 bits per heavy atom. The van der Waals surface area contributed by atoms with Gasteiger partial charge in [-0.05, 0) is 25.3 Å². The molecule has 2 N–H and O–H groups in total. The van der Waals surface area contributed by atoms with Crippen LogP contribution in [0.4, 0.5) is 0 Å². The Hall–Kier alpha value is -1.86. The standard InChI is InChI=1S/C15H19N3O/c1-15(17,12-6-3-2-4-7-12)14(19)18(11-5-10-16)13-8-9-13/h2-4,6-7,13H,5,8-9,11,17H2,1H3. The van der Waals surface area contributed by atoms with Gasteiger partial charge in [0.1, 0.15) is 5.54 Å². The fraction of sp³-hybridized carbons (Fsp3) is 0.467. The van der Waals surface area contributed by atoms with Crippen LogP contribution in [0.15, 0.2) is 30.3 Å². The minimum Gasteiger partial charge on any atom is -0.337 e. The molecule has 1 aromatic rings. The Balaban J connectivity index is 2.18. The van der Waals surface area contributed by atoms with Crippen LogP contribution in [0.3, 0.4) is 0 Å². The summed E-state index contributed by atoms with van der Waals surface area (Å²) in [4.78, 5) is 14.4. The molecule has 0 aromatic heterocycles. The molecule has 0 saturated heterocycles. The van der Waals surface area contributed by atoms with Crippen LogP contribution in [0.2, 0.25) is 0 Å². The number of amides is 1. The van der Waals surface area contributed by atoms with E-state index in [4.69, 9.17) is 11.0 Å². The van der Waals surface area contributed by atoms with Gasteiger partial charge in [-0.2, -0.15) is 5.26 Å². The van der Waals surface area contributed by atoms with E-state index in [1.807, 2.05) is 30.3 Å². The third kappa shape index (κ3) is 2.94. The molecule has 1 saturated carbocycles. The number of nitrogens with zero attached hydrogens (tertiary/aromatic N) is 2. The number of nitrogens with two attached hydrogens (primary N) is 1. The average molecular weight is 257 g/mol. The molecular weight excluding hydrogens is 238 g/mol. The van der Waals surface area contributed by atoms with Gasteiger partial charge in [-0.3, -0.25) is 4.79 Å². The van der Waals surface area contributed by atoms with E-state index in [0.29, 0.717) is 13.0 Å². The first kappa shape index (κ1) is 13.6. The summed E-state index contributed by atoms with van der Waals surface area (Å²) in [5.41, 5.74) is 6.03. The number of nitriles is 1. The highest BCUT2D eigenvalue weighted by Crippen LogP contribution is 2.31. The molecule has 0 bridgehead atoms. The number of rotatable bonds is 5. The maximum atomic E-state index is 12.6. The first-order chi connectivity index (χ1) is 9.07. The molecule has 1 amide bonds. The summed E-state index contributed by atoms with van der Waals surface area (Å²) in [5, 5.41) is 8.70. The van der Waals surface area contributed by atoms with Crippen molar-refractivity contribution < 1.29 is 4.79 Å². The summed E-state index contributed by atoms with van der Waals surface area (Å²) in [6.07, 6.45) is 2.39. The number of hydrogen-bond acceptors (Lipinski definition) is 3. The molecule has 0 aliphatic heterocycles. The van der Waals surface area contributed by atoms with Gasteiger partial charge in [-0.1, -0.05) is 30.3 Å². The van der Waals surface area contributed by atoms with Gasteiger partial charge in [0.15, 0.2) is 0 Å². The SMILES string of the molecule is CC(N)(C(=O)N(CCC#N)C1CC1)c1ccccc1. The monoisotopic (exact) mass is 257 g/mol. The Kier molecular flexibility index (Phi) is 3.87. The molecule has 19 heavy (non-hydrogen) atoms. The van der Waals surface area contributed by atoms with Gasteiger partial charge in [0.05, 0.1) is 12.5 Å². The molecule has 0 spiro atoms. The second-order valence-corrected chi connectivity index (χ2v) is 5.21. The Labute approximate surface area is 113 Å². The lowest BCUT2D eigenvalue weighted by Crippen LogP contribution is -2.52. The minimum absolute atomic E-state index is 0.0866. The number of carbonyl (C=O) groups excluding carboxylic acids is 1. The van der Waals surface area contributed by atoms with Crippen LogP contribution in [0, 0.1) is 11.3 Å². The molecule has 1 aliphatic carbocycles. The zero-order chi connectivity index (χ0) is 13.9. The first-order valence-corrected chi connectivity index (χ1v) is 6.60. The molecule has 2 rings (SSSR count). The zero-order valence-electron chi connectivity index (χ0n) is 11.2. The van der Waals surface area contributed by atoms with E-state index in [-0.39, 0.29) is 11.9 Å². The highest BCUT2D eigenvalue weighted by atomic mass is 16.2.